The van der Waals surface area contributed by atoms with Crippen molar-refractivity contribution in [2.45, 2.75) is 38.0 Å². The molecule has 9 heteroatoms. The van der Waals surface area contributed by atoms with Crippen molar-refractivity contribution >= 4 is 24.8 Å². The number of aliphatic hydroxyl groups is 2. The number of likely N-dealkylation sites (N-methyl/N-ethyl adjacent to an activating group) is 1. The summed E-state index contributed by atoms with van der Waals surface area (Å²) in [6.07, 6.45) is 0.295. The van der Waals surface area contributed by atoms with Crippen molar-refractivity contribution in [1.29, 1.82) is 0 Å². The van der Waals surface area contributed by atoms with Crippen LogP contribution < -0.4 is 0 Å². The predicted molar refractivity (Wildman–Crippen MR) is 83.3 cm³/mol. The Balaban J connectivity index is 4.05. The first-order valence-corrected chi connectivity index (χ1v) is 7.46. The Morgan fingerprint density at radius 1 is 1.14 bits per heavy atom. The van der Waals surface area contributed by atoms with Crippen molar-refractivity contribution in [2.75, 3.05) is 33.7 Å². The maximum atomic E-state index is 11.5. The van der Waals surface area contributed by atoms with Crippen LogP contribution in [0.2, 0.25) is 0 Å². The summed E-state index contributed by atoms with van der Waals surface area (Å²) >= 11 is 3.43. The summed E-state index contributed by atoms with van der Waals surface area (Å²) in [4.78, 5) is 25.9. The van der Waals surface area contributed by atoms with Gasteiger partial charge < -0.3 is 24.4 Å². The van der Waals surface area contributed by atoms with Crippen LogP contribution in [0.1, 0.15) is 25.7 Å². The average Bonchev–Trinajstić information content (AvgIpc) is 2.45. The highest BCUT2D eigenvalue weighted by molar-refractivity contribution is 7.75. The zero-order valence-corrected chi connectivity index (χ0v) is 13.9. The summed E-state index contributed by atoms with van der Waals surface area (Å²) in [5.74, 6) is -1.75. The van der Waals surface area contributed by atoms with Crippen molar-refractivity contribution < 1.29 is 29.1 Å². The van der Waals surface area contributed by atoms with Gasteiger partial charge in [0.05, 0.1) is 6.42 Å². The maximum absolute atomic E-state index is 11.5. The van der Waals surface area contributed by atoms with E-state index in [9.17, 15) is 9.59 Å². The van der Waals surface area contributed by atoms with Gasteiger partial charge in [-0.1, -0.05) is 0 Å². The first-order chi connectivity index (χ1) is 10.3. The molecule has 8 nitrogen and oxygen atoms in total. The van der Waals surface area contributed by atoms with E-state index >= 15 is 0 Å². The number of carboxylic acid groups (broad SMARTS) is 1. The summed E-state index contributed by atoms with van der Waals surface area (Å²) in [7, 11) is 3.56. The maximum Gasteiger partial charge on any atom is 0.335 e. The number of carbonyl (C=O) groups excluding carboxylic acids is 1. The molecule has 0 amide bonds. The lowest BCUT2D eigenvalue weighted by Crippen LogP contribution is -2.41. The van der Waals surface area contributed by atoms with Crippen LogP contribution in [0.5, 0.6) is 0 Å². The number of carbonyl (C=O) groups is 2. The number of unbranched alkanes of at least 4 members (excludes halogenated alkanes) is 1. The van der Waals surface area contributed by atoms with Gasteiger partial charge in [0.25, 0.3) is 0 Å². The molecule has 0 bridgehead atoms. The minimum absolute atomic E-state index is 0.297. The Bertz CT molecular complexity index is 342. The lowest BCUT2D eigenvalue weighted by molar-refractivity contribution is -0.146. The smallest absolute Gasteiger partial charge is 0.335 e. The Morgan fingerprint density at radius 2 is 1.73 bits per heavy atom. The molecule has 3 N–H and O–H groups in total. The molecule has 0 saturated carbocycles. The molecule has 0 aliphatic rings. The fraction of sp³-hybridized carbons (Fsp3) is 0.846. The number of rotatable bonds is 12. The first-order valence-electron chi connectivity index (χ1n) is 7.09. The van der Waals surface area contributed by atoms with Crippen LogP contribution in [0, 0.1) is 0 Å². The number of thiol groups is 1. The third kappa shape index (κ3) is 9.96. The number of aliphatic carboxylic acids is 1. The molecule has 0 aromatic heterocycles. The Kier molecular flexibility index (Phi) is 11.2. The minimum atomic E-state index is -1.29. The summed E-state index contributed by atoms with van der Waals surface area (Å²) in [6, 6.07) is -0.850. The van der Waals surface area contributed by atoms with E-state index in [4.69, 9.17) is 15.3 Å². The average molecular weight is 338 g/mol. The molecule has 0 fully saturated rings. The molecule has 1 atom stereocenters. The standard InChI is InChI=1S/C13H26N2O6S/c1-14(8-5-11(16)17)6-3-4-7-15(2)10(9-12(18)19)13(20)21-22/h10-11,16-17,22H,3-9H2,1-2H3,(H,18,19). The Labute approximate surface area is 136 Å². The summed E-state index contributed by atoms with van der Waals surface area (Å²) in [5.41, 5.74) is 0. The van der Waals surface area contributed by atoms with Crippen LogP contribution in [0.4, 0.5) is 0 Å². The molecule has 0 rings (SSSR count). The van der Waals surface area contributed by atoms with Gasteiger partial charge in [-0.3, -0.25) is 9.69 Å². The van der Waals surface area contributed by atoms with Crippen LogP contribution in [0.3, 0.4) is 0 Å². The SMILES string of the molecule is CN(CCCCN(C)C(CC(=O)O)C(=O)OS)CCC(O)O. The normalized spacial score (nSPS) is 12.9. The third-order valence-electron chi connectivity index (χ3n) is 3.33. The van der Waals surface area contributed by atoms with Gasteiger partial charge in [0.2, 0.25) is 0 Å². The summed E-state index contributed by atoms with van der Waals surface area (Å²) in [5, 5.41) is 26.4. The molecular weight excluding hydrogens is 312 g/mol. The fourth-order valence-corrected chi connectivity index (χ4v) is 2.11. The molecule has 22 heavy (non-hydrogen) atoms. The lowest BCUT2D eigenvalue weighted by atomic mass is 10.1. The second-order valence-corrected chi connectivity index (χ2v) is 5.47. The van der Waals surface area contributed by atoms with Gasteiger partial charge in [-0.05, 0) is 40.0 Å². The van der Waals surface area contributed by atoms with Gasteiger partial charge in [-0.2, -0.15) is 0 Å². The monoisotopic (exact) mass is 338 g/mol. The molecule has 0 spiro atoms. The van der Waals surface area contributed by atoms with Crippen LogP contribution >= 0.6 is 12.9 Å². The molecule has 0 aromatic carbocycles. The number of aliphatic hydroxyl groups excluding tert-OH is 1. The predicted octanol–water partition coefficient (Wildman–Crippen LogP) is -0.438. The molecule has 0 radical (unpaired) electrons. The van der Waals surface area contributed by atoms with E-state index < -0.39 is 24.3 Å². The van der Waals surface area contributed by atoms with Crippen LogP contribution in [-0.2, 0) is 13.8 Å². The van der Waals surface area contributed by atoms with E-state index in [1.165, 1.54) is 0 Å². The summed E-state index contributed by atoms with van der Waals surface area (Å²) in [6.45, 7) is 1.92. The molecule has 0 aliphatic carbocycles. The second-order valence-electron chi connectivity index (χ2n) is 5.28. The first kappa shape index (κ1) is 21.1. The minimum Gasteiger partial charge on any atom is -0.481 e. The number of hydrogen-bond donors (Lipinski definition) is 4. The number of nitrogens with zero attached hydrogens (tertiary/aromatic N) is 2. The van der Waals surface area contributed by atoms with E-state index in [1.54, 1.807) is 11.9 Å². The molecule has 0 aliphatic heterocycles. The molecule has 130 valence electrons. The Hall–Kier alpha value is -0.870. The van der Waals surface area contributed by atoms with Crippen molar-refractivity contribution in [1.82, 2.24) is 9.80 Å². The van der Waals surface area contributed by atoms with E-state index in [1.807, 2.05) is 11.9 Å². The van der Waals surface area contributed by atoms with E-state index in [0.717, 1.165) is 19.4 Å². The van der Waals surface area contributed by atoms with Crippen molar-refractivity contribution in [3.63, 3.8) is 0 Å². The third-order valence-corrected chi connectivity index (χ3v) is 3.51. The topological polar surface area (TPSA) is 111 Å². The van der Waals surface area contributed by atoms with Gasteiger partial charge in [-0.25, -0.2) is 4.79 Å². The summed E-state index contributed by atoms with van der Waals surface area (Å²) < 4.78 is 4.33. The second kappa shape index (κ2) is 11.7. The molecular formula is C13H26N2O6S. The van der Waals surface area contributed by atoms with Crippen molar-refractivity contribution in [3.05, 3.63) is 0 Å². The van der Waals surface area contributed by atoms with Crippen LogP contribution in [0.25, 0.3) is 0 Å². The van der Waals surface area contributed by atoms with E-state index in [2.05, 4.69) is 17.1 Å². The molecule has 0 aromatic rings. The molecule has 0 heterocycles. The highest BCUT2D eigenvalue weighted by Crippen LogP contribution is 2.08. The largest absolute Gasteiger partial charge is 0.481 e. The van der Waals surface area contributed by atoms with Crippen LogP contribution in [-0.4, -0.2) is 83.1 Å². The highest BCUT2D eigenvalue weighted by atomic mass is 32.1. The number of hydrogen-bond acceptors (Lipinski definition) is 8. The lowest BCUT2D eigenvalue weighted by Gasteiger charge is -2.24. The van der Waals surface area contributed by atoms with E-state index in [-0.39, 0.29) is 6.42 Å². The zero-order valence-electron chi connectivity index (χ0n) is 13.0. The molecule has 1 unspecified atom stereocenters. The quantitative estimate of drug-likeness (QED) is 0.164. The van der Waals surface area contributed by atoms with Crippen molar-refractivity contribution in [3.8, 4) is 0 Å². The van der Waals surface area contributed by atoms with Gasteiger partial charge in [0.15, 0.2) is 6.29 Å². The van der Waals surface area contributed by atoms with Gasteiger partial charge in [0.1, 0.15) is 6.04 Å². The van der Waals surface area contributed by atoms with Gasteiger partial charge in [0, 0.05) is 25.9 Å². The Morgan fingerprint density at radius 3 is 2.23 bits per heavy atom. The van der Waals surface area contributed by atoms with E-state index in [0.29, 0.717) is 19.5 Å². The van der Waals surface area contributed by atoms with Gasteiger partial charge >= 0.3 is 11.9 Å². The highest BCUT2D eigenvalue weighted by Gasteiger charge is 2.26. The van der Waals surface area contributed by atoms with Crippen molar-refractivity contribution in [2.24, 2.45) is 0 Å². The van der Waals surface area contributed by atoms with Gasteiger partial charge in [-0.15, -0.1) is 0 Å². The number of carboxylic acids is 1. The fourth-order valence-electron chi connectivity index (χ4n) is 1.99. The van der Waals surface area contributed by atoms with Crippen LogP contribution in [0.15, 0.2) is 0 Å². The molecule has 0 saturated heterocycles. The zero-order chi connectivity index (χ0) is 17.1.